The van der Waals surface area contributed by atoms with Crippen LogP contribution in [0.15, 0.2) is 73.1 Å². The lowest BCUT2D eigenvalue weighted by molar-refractivity contribution is -0.117. The zero-order valence-electron chi connectivity index (χ0n) is 38.3. The van der Waals surface area contributed by atoms with Gasteiger partial charge in [-0.15, -0.1) is 0 Å². The first-order chi connectivity index (χ1) is 31.9. The molecule has 1 aliphatic heterocycles. The van der Waals surface area contributed by atoms with Crippen molar-refractivity contribution in [2.45, 2.75) is 72.6 Å². The Labute approximate surface area is 396 Å². The van der Waals surface area contributed by atoms with Crippen LogP contribution in [-0.4, -0.2) is 49.0 Å². The summed E-state index contributed by atoms with van der Waals surface area (Å²) >= 11 is 12.8. The summed E-state index contributed by atoms with van der Waals surface area (Å²) in [5, 5.41) is 2.74. The molecule has 0 aliphatic carbocycles. The Kier molecular flexibility index (Phi) is 15.6. The molecule has 16 heteroatoms. The van der Waals surface area contributed by atoms with Gasteiger partial charge in [0.25, 0.3) is 0 Å². The Morgan fingerprint density at radius 1 is 0.701 bits per heavy atom. The number of anilines is 4. The van der Waals surface area contributed by atoms with Gasteiger partial charge >= 0.3 is 5.97 Å². The number of nitrogens with one attached hydrogen (secondary N) is 1. The Hall–Kier alpha value is -6.51. The van der Waals surface area contributed by atoms with Crippen LogP contribution in [0.5, 0.6) is 11.5 Å². The van der Waals surface area contributed by atoms with E-state index in [9.17, 15) is 23.2 Å². The number of carbonyl (C=O) groups is 3. The smallest absolute Gasteiger partial charge is 0.340 e. The van der Waals surface area contributed by atoms with Gasteiger partial charge in [-0.2, -0.15) is 0 Å². The fourth-order valence-corrected chi connectivity index (χ4v) is 8.59. The number of fused-ring (bicyclic) bond motifs is 1. The maximum atomic E-state index is 16.4. The number of carbonyl (C=O) groups excluding carboxylic acids is 3. The molecule has 2 aromatic heterocycles. The van der Waals surface area contributed by atoms with E-state index in [0.717, 1.165) is 17.2 Å². The summed E-state index contributed by atoms with van der Waals surface area (Å²) < 4.78 is 77.6. The van der Waals surface area contributed by atoms with Crippen LogP contribution in [0.3, 0.4) is 0 Å². The summed E-state index contributed by atoms with van der Waals surface area (Å²) in [5.74, 6) is -5.20. The van der Waals surface area contributed by atoms with Crippen LogP contribution < -0.4 is 19.7 Å². The number of aromatic nitrogens is 2. The number of amides is 1. The normalized spacial score (nSPS) is 12.2. The van der Waals surface area contributed by atoms with Crippen LogP contribution in [0.4, 0.5) is 40.3 Å². The third-order valence-corrected chi connectivity index (χ3v) is 11.8. The lowest BCUT2D eigenvalue weighted by Crippen LogP contribution is -2.36. The molecule has 0 spiro atoms. The van der Waals surface area contributed by atoms with Crippen molar-refractivity contribution in [1.29, 1.82) is 0 Å². The van der Waals surface area contributed by atoms with Gasteiger partial charge < -0.3 is 19.5 Å². The predicted molar refractivity (Wildman–Crippen MR) is 253 cm³/mol. The highest BCUT2D eigenvalue weighted by molar-refractivity contribution is 6.35. The number of halogens is 6. The Morgan fingerprint density at radius 2 is 1.22 bits per heavy atom. The second-order valence-electron chi connectivity index (χ2n) is 15.9. The number of nitrogens with zero attached hydrogens (tertiary/aromatic N) is 3. The van der Waals surface area contributed by atoms with E-state index in [1.165, 1.54) is 68.7 Å². The molecule has 4 aromatic carbocycles. The van der Waals surface area contributed by atoms with Crippen LogP contribution in [0.2, 0.25) is 10.0 Å². The monoisotopic (exact) mass is 958 g/mol. The number of benzene rings is 4. The summed E-state index contributed by atoms with van der Waals surface area (Å²) in [6.45, 7) is 11.6. The van der Waals surface area contributed by atoms with E-state index in [0.29, 0.717) is 35.6 Å². The number of ether oxygens (including phenoxy) is 3. The average Bonchev–Trinajstić information content (AvgIpc) is 3.30. The highest BCUT2D eigenvalue weighted by Gasteiger charge is 2.39. The molecule has 7 rings (SSSR count). The molecule has 0 saturated heterocycles. The Morgan fingerprint density at radius 3 is 1.75 bits per heavy atom. The first-order valence-corrected chi connectivity index (χ1v) is 22.1. The van der Waals surface area contributed by atoms with Crippen LogP contribution in [0.1, 0.15) is 103 Å². The van der Waals surface area contributed by atoms with Gasteiger partial charge in [0.15, 0.2) is 17.4 Å². The Bertz CT molecular complexity index is 2910. The molecule has 67 heavy (non-hydrogen) atoms. The van der Waals surface area contributed by atoms with Crippen LogP contribution in [-0.2, 0) is 22.4 Å². The molecule has 10 nitrogen and oxygen atoms in total. The minimum absolute atomic E-state index is 0.0158. The van der Waals surface area contributed by atoms with E-state index in [1.807, 2.05) is 47.6 Å². The van der Waals surface area contributed by atoms with Crippen molar-refractivity contribution in [3.63, 3.8) is 0 Å². The number of Topliss-reactive ketones (excluding diaryl/α,β-unsaturated/α-hetero) is 1. The van der Waals surface area contributed by atoms with Crippen molar-refractivity contribution in [2.75, 3.05) is 31.5 Å². The summed E-state index contributed by atoms with van der Waals surface area (Å²) in [5.41, 5.74) is 2.50. The van der Waals surface area contributed by atoms with Crippen molar-refractivity contribution in [1.82, 2.24) is 9.97 Å². The molecule has 0 fully saturated rings. The lowest BCUT2D eigenvalue weighted by atomic mass is 9.92. The molecule has 0 atom stereocenters. The van der Waals surface area contributed by atoms with Crippen LogP contribution in [0, 0.1) is 23.3 Å². The number of esters is 1. The van der Waals surface area contributed by atoms with Gasteiger partial charge in [-0.3, -0.25) is 24.5 Å². The van der Waals surface area contributed by atoms with Gasteiger partial charge in [0, 0.05) is 29.1 Å². The molecule has 6 aromatic rings. The van der Waals surface area contributed by atoms with E-state index >= 15 is 8.78 Å². The zero-order chi connectivity index (χ0) is 49.0. The minimum atomic E-state index is -0.979. The topological polar surface area (TPSA) is 120 Å². The van der Waals surface area contributed by atoms with Crippen molar-refractivity contribution >= 4 is 63.6 Å². The predicted octanol–water partition coefficient (Wildman–Crippen LogP) is 13.5. The quantitative estimate of drug-likeness (QED) is 0.0726. The van der Waals surface area contributed by atoms with E-state index in [4.69, 9.17) is 37.4 Å². The molecule has 3 heterocycles. The fourth-order valence-electron chi connectivity index (χ4n) is 8.02. The molecule has 0 unspecified atom stereocenters. The van der Waals surface area contributed by atoms with Crippen molar-refractivity contribution < 1.29 is 46.2 Å². The van der Waals surface area contributed by atoms with E-state index in [1.54, 1.807) is 18.5 Å². The molecule has 0 bridgehead atoms. The second kappa shape index (κ2) is 21.0. The van der Waals surface area contributed by atoms with E-state index in [-0.39, 0.29) is 78.1 Å². The second-order valence-corrected chi connectivity index (χ2v) is 16.8. The average molecular weight is 960 g/mol. The van der Waals surface area contributed by atoms with Gasteiger partial charge in [0.2, 0.25) is 5.91 Å². The van der Waals surface area contributed by atoms with Gasteiger partial charge in [0.05, 0.1) is 88.6 Å². The van der Waals surface area contributed by atoms with Crippen molar-refractivity contribution in [3.05, 3.63) is 140 Å². The standard InChI is InChI=1S/C26H23ClF2N2O3.C25H25ClF2N2O3/c1-5-14-9-10-30-24(13(2)3)25(14)31-20(33)12-18(32)15-11-16(27)21(23(29)26(15)31)22-17(28)7-6-8-19(22)34-4;1-6-14-10-11-29-22(13(2)3)23(14)30-24-15(25(31)33-5)12-16(26)19(21(24)28)20-17(27)8-7-9-18(20)32-4/h6-11,13H,5,12H2,1-4H3;7-13,30H,6H2,1-5H3. The van der Waals surface area contributed by atoms with Crippen LogP contribution in [0.25, 0.3) is 22.3 Å². The first-order valence-electron chi connectivity index (χ1n) is 21.3. The largest absolute Gasteiger partial charge is 0.496 e. The van der Waals surface area contributed by atoms with E-state index in [2.05, 4.69) is 15.3 Å². The number of hydrogen-bond acceptors (Lipinski definition) is 9. The van der Waals surface area contributed by atoms with Gasteiger partial charge in [-0.05, 0) is 84.3 Å². The van der Waals surface area contributed by atoms with Gasteiger partial charge in [0.1, 0.15) is 23.1 Å². The molecule has 350 valence electrons. The van der Waals surface area contributed by atoms with Crippen molar-refractivity contribution in [2.24, 2.45) is 0 Å². The summed E-state index contributed by atoms with van der Waals surface area (Å²) in [4.78, 5) is 48.7. The first kappa shape index (κ1) is 49.9. The molecule has 1 aliphatic rings. The Balaban J connectivity index is 0.000000221. The highest BCUT2D eigenvalue weighted by Crippen LogP contribution is 2.49. The SMILES string of the molecule is CCc1ccnc(C(C)C)c1N1C(=O)CC(=O)c2cc(Cl)c(-c3c(F)cccc3OC)c(F)c21.CCc1ccnc(C(C)C)c1Nc1c(C(=O)OC)cc(Cl)c(-c2c(F)cccc2OC)c1F. The minimum Gasteiger partial charge on any atom is -0.496 e. The number of pyridine rings is 2. The lowest BCUT2D eigenvalue weighted by Gasteiger charge is -2.33. The maximum absolute atomic E-state index is 16.4. The molecular formula is C51H48Cl2F4N4O6. The summed E-state index contributed by atoms with van der Waals surface area (Å²) in [7, 11) is 3.87. The zero-order valence-corrected chi connectivity index (χ0v) is 39.8. The van der Waals surface area contributed by atoms with Gasteiger partial charge in [-0.1, -0.05) is 76.9 Å². The summed E-state index contributed by atoms with van der Waals surface area (Å²) in [6.07, 6.45) is 4.08. The number of methoxy groups -OCH3 is 3. The molecule has 0 saturated carbocycles. The molecular weight excluding hydrogens is 911 g/mol. The number of ketones is 1. The molecule has 1 amide bonds. The number of aryl methyl sites for hydroxylation is 2. The van der Waals surface area contributed by atoms with Gasteiger partial charge in [-0.25, -0.2) is 22.4 Å². The number of hydrogen-bond donors (Lipinski definition) is 1. The highest BCUT2D eigenvalue weighted by atomic mass is 35.5. The van der Waals surface area contributed by atoms with E-state index < -0.39 is 47.3 Å². The fraction of sp³-hybridized carbons (Fsp3) is 0.275. The third kappa shape index (κ3) is 9.55. The van der Waals surface area contributed by atoms with Crippen molar-refractivity contribution in [3.8, 4) is 33.8 Å². The molecule has 0 radical (unpaired) electrons. The third-order valence-electron chi connectivity index (χ3n) is 11.2. The number of rotatable bonds is 12. The van der Waals surface area contributed by atoms with Crippen LogP contribution >= 0.6 is 23.2 Å². The summed E-state index contributed by atoms with van der Waals surface area (Å²) in [6, 6.07) is 14.3. The maximum Gasteiger partial charge on any atom is 0.340 e. The molecule has 1 N–H and O–H groups in total.